The van der Waals surface area contributed by atoms with Crippen molar-refractivity contribution in [2.24, 2.45) is 5.92 Å². The highest BCUT2D eigenvalue weighted by atomic mass is 16.2. The highest BCUT2D eigenvalue weighted by Crippen LogP contribution is 2.33. The van der Waals surface area contributed by atoms with Crippen LogP contribution in [-0.4, -0.2) is 29.1 Å². The van der Waals surface area contributed by atoms with Crippen LogP contribution in [0.15, 0.2) is 0 Å². The summed E-state index contributed by atoms with van der Waals surface area (Å²) in [5.74, 6) is 1.21. The summed E-state index contributed by atoms with van der Waals surface area (Å²) >= 11 is 0. The van der Waals surface area contributed by atoms with Gasteiger partial charge in [-0.15, -0.1) is 0 Å². The van der Waals surface area contributed by atoms with Gasteiger partial charge in [-0.05, 0) is 31.6 Å². The third-order valence-corrected chi connectivity index (χ3v) is 5.24. The molecule has 0 bridgehead atoms. The van der Waals surface area contributed by atoms with Gasteiger partial charge in [0.2, 0.25) is 5.91 Å². The first-order valence-corrected chi connectivity index (χ1v) is 8.79. The summed E-state index contributed by atoms with van der Waals surface area (Å²) in [6.45, 7) is 6.68. The summed E-state index contributed by atoms with van der Waals surface area (Å²) in [4.78, 5) is 15.0. The number of carbonyl (C=O) groups is 1. The number of amides is 1. The van der Waals surface area contributed by atoms with E-state index in [4.69, 9.17) is 0 Å². The maximum atomic E-state index is 12.7. The van der Waals surface area contributed by atoms with Crippen molar-refractivity contribution in [3.8, 4) is 0 Å². The Hall–Kier alpha value is -0.570. The molecule has 1 aliphatic heterocycles. The smallest absolute Gasteiger partial charge is 0.241 e. The molecule has 3 nitrogen and oxygen atoms in total. The summed E-state index contributed by atoms with van der Waals surface area (Å²) in [7, 11) is 0. The van der Waals surface area contributed by atoms with Gasteiger partial charge in [-0.3, -0.25) is 10.1 Å². The van der Waals surface area contributed by atoms with Gasteiger partial charge in [0.25, 0.3) is 0 Å². The van der Waals surface area contributed by atoms with Crippen LogP contribution in [0.25, 0.3) is 0 Å². The van der Waals surface area contributed by atoms with Crippen molar-refractivity contribution in [1.82, 2.24) is 10.2 Å². The third kappa shape index (κ3) is 3.36. The van der Waals surface area contributed by atoms with Crippen LogP contribution < -0.4 is 5.32 Å². The molecular weight excluding hydrogens is 248 g/mol. The van der Waals surface area contributed by atoms with Crippen molar-refractivity contribution < 1.29 is 4.79 Å². The lowest BCUT2D eigenvalue weighted by Gasteiger charge is -2.37. The van der Waals surface area contributed by atoms with Crippen molar-refractivity contribution in [3.63, 3.8) is 0 Å². The monoisotopic (exact) mass is 280 g/mol. The number of hydrogen-bond donors (Lipinski definition) is 1. The Morgan fingerprint density at radius 3 is 2.65 bits per heavy atom. The van der Waals surface area contributed by atoms with Crippen LogP contribution in [0.2, 0.25) is 0 Å². The molecule has 0 aromatic carbocycles. The highest BCUT2D eigenvalue weighted by Gasteiger charge is 2.42. The minimum Gasteiger partial charge on any atom is -0.323 e. The van der Waals surface area contributed by atoms with Gasteiger partial charge in [-0.2, -0.15) is 0 Å². The molecule has 4 unspecified atom stereocenters. The van der Waals surface area contributed by atoms with Crippen molar-refractivity contribution in [2.75, 3.05) is 0 Å². The van der Waals surface area contributed by atoms with E-state index in [1.54, 1.807) is 0 Å². The van der Waals surface area contributed by atoms with E-state index in [1.807, 2.05) is 0 Å². The molecule has 2 rings (SSSR count). The fraction of sp³-hybridized carbons (Fsp3) is 0.941. The second-order valence-corrected chi connectivity index (χ2v) is 6.63. The Morgan fingerprint density at radius 1 is 1.20 bits per heavy atom. The lowest BCUT2D eigenvalue weighted by molar-refractivity contribution is -0.133. The van der Waals surface area contributed by atoms with E-state index in [0.717, 1.165) is 25.2 Å². The Kier molecular flexibility index (Phi) is 5.88. The fourth-order valence-electron chi connectivity index (χ4n) is 3.97. The number of unbranched alkanes of at least 4 members (excludes halogenated alkanes) is 1. The van der Waals surface area contributed by atoms with Gasteiger partial charge in [-0.1, -0.05) is 52.9 Å². The molecule has 116 valence electrons. The molecule has 1 saturated carbocycles. The van der Waals surface area contributed by atoms with Gasteiger partial charge in [0, 0.05) is 6.04 Å². The summed E-state index contributed by atoms with van der Waals surface area (Å²) in [6, 6.07) is 0.576. The minimum absolute atomic E-state index is 0.0851. The second-order valence-electron chi connectivity index (χ2n) is 6.63. The van der Waals surface area contributed by atoms with Gasteiger partial charge in [0.05, 0.1) is 12.2 Å². The van der Waals surface area contributed by atoms with Crippen molar-refractivity contribution in [2.45, 2.75) is 96.8 Å². The summed E-state index contributed by atoms with van der Waals surface area (Å²) in [5.41, 5.74) is 0. The minimum atomic E-state index is 0.0851. The largest absolute Gasteiger partial charge is 0.323 e. The fourth-order valence-corrected chi connectivity index (χ4v) is 3.97. The van der Waals surface area contributed by atoms with Crippen LogP contribution in [0.5, 0.6) is 0 Å². The average molecular weight is 280 g/mol. The SMILES string of the molecule is CCCCC1NC(CC)N(C2CCCC(CC)C2)C1=O. The zero-order chi connectivity index (χ0) is 14.5. The number of nitrogens with zero attached hydrogens (tertiary/aromatic N) is 1. The van der Waals surface area contributed by atoms with E-state index in [-0.39, 0.29) is 12.2 Å². The van der Waals surface area contributed by atoms with Crippen LogP contribution in [0.3, 0.4) is 0 Å². The highest BCUT2D eigenvalue weighted by molar-refractivity contribution is 5.84. The molecule has 0 radical (unpaired) electrons. The Bertz CT molecular complexity index is 318. The van der Waals surface area contributed by atoms with E-state index >= 15 is 0 Å². The number of hydrogen-bond acceptors (Lipinski definition) is 2. The van der Waals surface area contributed by atoms with Gasteiger partial charge >= 0.3 is 0 Å². The molecule has 1 amide bonds. The van der Waals surface area contributed by atoms with Gasteiger partial charge in [0.15, 0.2) is 0 Å². The lowest BCUT2D eigenvalue weighted by Crippen LogP contribution is -2.46. The molecule has 1 aliphatic carbocycles. The van der Waals surface area contributed by atoms with Crippen LogP contribution in [0, 0.1) is 5.92 Å². The molecule has 2 fully saturated rings. The van der Waals surface area contributed by atoms with E-state index in [1.165, 1.54) is 38.5 Å². The molecule has 1 saturated heterocycles. The molecule has 1 N–H and O–H groups in total. The van der Waals surface area contributed by atoms with Gasteiger partial charge in [0.1, 0.15) is 0 Å². The predicted octanol–water partition coefficient (Wildman–Crippen LogP) is 3.68. The van der Waals surface area contributed by atoms with E-state index in [0.29, 0.717) is 11.9 Å². The molecule has 3 heteroatoms. The first-order chi connectivity index (χ1) is 9.71. The zero-order valence-corrected chi connectivity index (χ0v) is 13.5. The standard InChI is InChI=1S/C17H32N2O/c1-4-7-11-15-17(20)19(16(6-3)18-15)14-10-8-9-13(5-2)12-14/h13-16,18H,4-12H2,1-3H3. The lowest BCUT2D eigenvalue weighted by atomic mass is 9.83. The molecule has 4 atom stereocenters. The van der Waals surface area contributed by atoms with Crippen molar-refractivity contribution in [1.29, 1.82) is 0 Å². The van der Waals surface area contributed by atoms with Crippen LogP contribution in [-0.2, 0) is 4.79 Å². The topological polar surface area (TPSA) is 32.3 Å². The maximum absolute atomic E-state index is 12.7. The molecule has 2 aliphatic rings. The maximum Gasteiger partial charge on any atom is 0.241 e. The van der Waals surface area contributed by atoms with E-state index in [2.05, 4.69) is 31.0 Å². The van der Waals surface area contributed by atoms with E-state index < -0.39 is 0 Å². The molecular formula is C17H32N2O. The second kappa shape index (κ2) is 7.44. The van der Waals surface area contributed by atoms with Gasteiger partial charge < -0.3 is 4.90 Å². The third-order valence-electron chi connectivity index (χ3n) is 5.24. The molecule has 0 spiro atoms. The van der Waals surface area contributed by atoms with Crippen molar-refractivity contribution in [3.05, 3.63) is 0 Å². The first kappa shape index (κ1) is 15.8. The summed E-state index contributed by atoms with van der Waals surface area (Å²) in [5, 5.41) is 3.58. The number of carbonyl (C=O) groups excluding carboxylic acids is 1. The van der Waals surface area contributed by atoms with Crippen LogP contribution in [0.4, 0.5) is 0 Å². The Balaban J connectivity index is 2.02. The molecule has 0 aromatic rings. The van der Waals surface area contributed by atoms with Gasteiger partial charge in [-0.25, -0.2) is 0 Å². The predicted molar refractivity (Wildman–Crippen MR) is 83.4 cm³/mol. The molecule has 1 heterocycles. The normalized spacial score (nSPS) is 34.8. The average Bonchev–Trinajstić information content (AvgIpc) is 2.81. The summed E-state index contributed by atoms with van der Waals surface area (Å²) < 4.78 is 0. The van der Waals surface area contributed by atoms with Crippen LogP contribution in [0.1, 0.15) is 78.6 Å². The van der Waals surface area contributed by atoms with Crippen molar-refractivity contribution >= 4 is 5.91 Å². The Morgan fingerprint density at radius 2 is 2.00 bits per heavy atom. The van der Waals surface area contributed by atoms with E-state index in [9.17, 15) is 4.79 Å². The Labute approximate surface area is 124 Å². The number of rotatable bonds is 6. The zero-order valence-electron chi connectivity index (χ0n) is 13.5. The van der Waals surface area contributed by atoms with Crippen LogP contribution >= 0.6 is 0 Å². The number of nitrogens with one attached hydrogen (secondary N) is 1. The molecule has 20 heavy (non-hydrogen) atoms. The quantitative estimate of drug-likeness (QED) is 0.805. The molecule has 0 aromatic heterocycles. The summed E-state index contributed by atoms with van der Waals surface area (Å²) in [6.07, 6.45) is 11.0. The first-order valence-electron chi connectivity index (χ1n) is 8.79.